The van der Waals surface area contributed by atoms with E-state index >= 15 is 0 Å². The molecule has 0 fully saturated rings. The van der Waals surface area contributed by atoms with Gasteiger partial charge in [0.05, 0.1) is 17.7 Å². The maximum Gasteiger partial charge on any atom is 0.292 e. The molecule has 1 aliphatic rings. The van der Waals surface area contributed by atoms with E-state index in [1.807, 2.05) is 19.1 Å². The van der Waals surface area contributed by atoms with Crippen molar-refractivity contribution in [2.75, 3.05) is 6.54 Å². The summed E-state index contributed by atoms with van der Waals surface area (Å²) in [4.78, 5) is 26.8. The third-order valence-corrected chi connectivity index (χ3v) is 5.51. The Kier molecular flexibility index (Phi) is 3.65. The van der Waals surface area contributed by atoms with Crippen LogP contribution in [-0.4, -0.2) is 32.3 Å². The Morgan fingerprint density at radius 3 is 2.79 bits per heavy atom. The number of oxazole rings is 1. The van der Waals surface area contributed by atoms with Gasteiger partial charge in [-0.1, -0.05) is 12.1 Å². The highest BCUT2D eigenvalue weighted by Crippen LogP contribution is 2.38. The monoisotopic (exact) mass is 376 g/mol. The minimum Gasteiger partial charge on any atom is -0.458 e. The van der Waals surface area contributed by atoms with Crippen LogP contribution in [0.4, 0.5) is 0 Å². The van der Waals surface area contributed by atoms with Crippen molar-refractivity contribution in [3.8, 4) is 0 Å². The summed E-state index contributed by atoms with van der Waals surface area (Å²) in [6, 6.07) is 5.74. The quantitative estimate of drug-likeness (QED) is 0.574. The summed E-state index contributed by atoms with van der Waals surface area (Å²) in [6.07, 6.45) is 3.67. The molecule has 1 amide bonds. The van der Waals surface area contributed by atoms with Gasteiger partial charge in [0, 0.05) is 24.0 Å². The van der Waals surface area contributed by atoms with Crippen molar-refractivity contribution in [2.24, 2.45) is 0 Å². The molecule has 28 heavy (non-hydrogen) atoms. The standard InChI is InChI=1S/C21H20N4O3/c1-11-4-5-12(2)19-14(11)8-16(28-19)18-17-15(22-9-23-17)6-7-25(18)21(26)20-13(3)24-10-27-20/h4-5,8-10,18H,6-7H2,1-3H3,(H,22,23)/t18-/m0/s1. The summed E-state index contributed by atoms with van der Waals surface area (Å²) in [5.74, 6) is 0.751. The summed E-state index contributed by atoms with van der Waals surface area (Å²) >= 11 is 0. The van der Waals surface area contributed by atoms with Crippen LogP contribution in [0.25, 0.3) is 11.0 Å². The fraction of sp³-hybridized carbons (Fsp3) is 0.286. The van der Waals surface area contributed by atoms with E-state index in [0.29, 0.717) is 24.4 Å². The highest BCUT2D eigenvalue weighted by molar-refractivity contribution is 5.93. The number of hydrogen-bond donors (Lipinski definition) is 1. The van der Waals surface area contributed by atoms with Crippen molar-refractivity contribution in [3.05, 3.63) is 70.6 Å². The third kappa shape index (κ3) is 2.39. The number of furan rings is 1. The summed E-state index contributed by atoms with van der Waals surface area (Å²) in [6.45, 7) is 6.39. The van der Waals surface area contributed by atoms with Crippen LogP contribution >= 0.6 is 0 Å². The molecule has 1 aromatic carbocycles. The molecule has 4 aromatic rings. The molecule has 0 unspecified atom stereocenters. The first-order valence-electron chi connectivity index (χ1n) is 9.27. The Labute approximate surface area is 161 Å². The van der Waals surface area contributed by atoms with E-state index in [0.717, 1.165) is 33.5 Å². The summed E-state index contributed by atoms with van der Waals surface area (Å²) in [5, 5.41) is 1.06. The lowest BCUT2D eigenvalue weighted by Gasteiger charge is -2.33. The molecule has 5 rings (SSSR count). The minimum absolute atomic E-state index is 0.206. The predicted octanol–water partition coefficient (Wildman–Crippen LogP) is 3.86. The van der Waals surface area contributed by atoms with Crippen LogP contribution in [0.3, 0.4) is 0 Å². The van der Waals surface area contributed by atoms with E-state index in [1.54, 1.807) is 18.2 Å². The van der Waals surface area contributed by atoms with Gasteiger partial charge >= 0.3 is 0 Å². The first-order chi connectivity index (χ1) is 13.5. The van der Waals surface area contributed by atoms with Gasteiger partial charge in [0.25, 0.3) is 5.91 Å². The van der Waals surface area contributed by atoms with E-state index in [9.17, 15) is 4.79 Å². The van der Waals surface area contributed by atoms with Gasteiger partial charge in [0.1, 0.15) is 17.4 Å². The van der Waals surface area contributed by atoms with Crippen LogP contribution in [-0.2, 0) is 6.42 Å². The van der Waals surface area contributed by atoms with Crippen LogP contribution in [0.5, 0.6) is 0 Å². The average Bonchev–Trinajstić information content (AvgIpc) is 3.42. The molecule has 1 atom stereocenters. The molecule has 0 radical (unpaired) electrons. The van der Waals surface area contributed by atoms with Gasteiger partial charge in [-0.2, -0.15) is 0 Å². The summed E-state index contributed by atoms with van der Waals surface area (Å²) in [7, 11) is 0. The van der Waals surface area contributed by atoms with E-state index in [2.05, 4.69) is 27.9 Å². The lowest BCUT2D eigenvalue weighted by Crippen LogP contribution is -2.40. The maximum absolute atomic E-state index is 13.3. The topological polar surface area (TPSA) is 88.2 Å². The highest BCUT2D eigenvalue weighted by Gasteiger charge is 2.38. The molecule has 0 bridgehead atoms. The second-order valence-electron chi connectivity index (χ2n) is 7.28. The summed E-state index contributed by atoms with van der Waals surface area (Å²) < 4.78 is 11.6. The number of nitrogens with one attached hydrogen (secondary N) is 1. The Bertz CT molecular complexity index is 1160. The number of aryl methyl sites for hydroxylation is 3. The summed E-state index contributed by atoms with van der Waals surface area (Å²) in [5.41, 5.74) is 5.46. The number of hydrogen-bond acceptors (Lipinski definition) is 5. The van der Waals surface area contributed by atoms with Crippen molar-refractivity contribution in [2.45, 2.75) is 33.2 Å². The van der Waals surface area contributed by atoms with Crippen LogP contribution in [0, 0.1) is 20.8 Å². The number of aromatic amines is 1. The Morgan fingerprint density at radius 1 is 1.21 bits per heavy atom. The van der Waals surface area contributed by atoms with Gasteiger partial charge in [-0.25, -0.2) is 9.97 Å². The molecule has 4 heterocycles. The molecule has 142 valence electrons. The molecule has 3 aromatic heterocycles. The maximum atomic E-state index is 13.3. The lowest BCUT2D eigenvalue weighted by atomic mass is 9.99. The van der Waals surface area contributed by atoms with Crippen LogP contribution in [0.2, 0.25) is 0 Å². The second kappa shape index (κ2) is 6.09. The Hall–Kier alpha value is -3.35. The molecule has 7 nitrogen and oxygen atoms in total. The zero-order valence-corrected chi connectivity index (χ0v) is 15.9. The molecule has 7 heteroatoms. The number of benzene rings is 1. The van der Waals surface area contributed by atoms with E-state index in [4.69, 9.17) is 8.83 Å². The van der Waals surface area contributed by atoms with Gasteiger partial charge in [-0.15, -0.1) is 0 Å². The molecular weight excluding hydrogens is 356 g/mol. The Morgan fingerprint density at radius 2 is 2.04 bits per heavy atom. The Balaban J connectivity index is 1.67. The largest absolute Gasteiger partial charge is 0.458 e. The molecule has 1 N–H and O–H groups in total. The van der Waals surface area contributed by atoms with Gasteiger partial charge in [0.15, 0.2) is 6.39 Å². The van der Waals surface area contributed by atoms with Gasteiger partial charge in [0.2, 0.25) is 5.76 Å². The molecular formula is C21H20N4O3. The third-order valence-electron chi connectivity index (χ3n) is 5.51. The fourth-order valence-corrected chi connectivity index (χ4v) is 3.97. The van der Waals surface area contributed by atoms with Crippen molar-refractivity contribution in [3.63, 3.8) is 0 Å². The van der Waals surface area contributed by atoms with E-state index in [-0.39, 0.29) is 11.7 Å². The number of carbonyl (C=O) groups is 1. The number of imidazole rings is 1. The number of rotatable bonds is 2. The fourth-order valence-electron chi connectivity index (χ4n) is 3.97. The van der Waals surface area contributed by atoms with Crippen LogP contribution in [0.1, 0.15) is 50.6 Å². The van der Waals surface area contributed by atoms with Crippen molar-refractivity contribution in [1.29, 1.82) is 0 Å². The molecule has 0 saturated carbocycles. The number of fused-ring (bicyclic) bond motifs is 2. The predicted molar refractivity (Wildman–Crippen MR) is 102 cm³/mol. The number of nitrogens with zero attached hydrogens (tertiary/aromatic N) is 3. The van der Waals surface area contributed by atoms with E-state index < -0.39 is 6.04 Å². The number of H-pyrrole nitrogens is 1. The molecule has 1 aliphatic heterocycles. The number of aromatic nitrogens is 3. The van der Waals surface area contributed by atoms with Crippen molar-refractivity contribution >= 4 is 16.9 Å². The van der Waals surface area contributed by atoms with Crippen molar-refractivity contribution < 1.29 is 13.6 Å². The zero-order chi connectivity index (χ0) is 19.4. The van der Waals surface area contributed by atoms with Crippen LogP contribution in [0.15, 0.2) is 39.8 Å². The smallest absolute Gasteiger partial charge is 0.292 e. The average molecular weight is 376 g/mol. The van der Waals surface area contributed by atoms with Gasteiger partial charge < -0.3 is 18.7 Å². The first kappa shape index (κ1) is 16.8. The lowest BCUT2D eigenvalue weighted by molar-refractivity contribution is 0.0639. The molecule has 0 aliphatic carbocycles. The first-order valence-corrected chi connectivity index (χ1v) is 9.27. The normalized spacial score (nSPS) is 16.5. The molecule has 0 spiro atoms. The zero-order valence-electron chi connectivity index (χ0n) is 15.9. The second-order valence-corrected chi connectivity index (χ2v) is 7.28. The number of amides is 1. The van der Waals surface area contributed by atoms with Gasteiger partial charge in [-0.05, 0) is 38.0 Å². The van der Waals surface area contributed by atoms with Gasteiger partial charge in [-0.3, -0.25) is 4.79 Å². The number of carbonyl (C=O) groups excluding carboxylic acids is 1. The minimum atomic E-state index is -0.418. The molecule has 0 saturated heterocycles. The van der Waals surface area contributed by atoms with Crippen LogP contribution < -0.4 is 0 Å². The SMILES string of the molecule is Cc1ncoc1C(=O)N1CCc2[nH]cnc2[C@@H]1c1cc2c(C)ccc(C)c2o1. The van der Waals surface area contributed by atoms with E-state index in [1.165, 1.54) is 6.39 Å². The van der Waals surface area contributed by atoms with Crippen molar-refractivity contribution in [1.82, 2.24) is 19.9 Å². The highest BCUT2D eigenvalue weighted by atomic mass is 16.4.